The van der Waals surface area contributed by atoms with Crippen LogP contribution >= 0.6 is 0 Å². The number of esters is 2. The monoisotopic (exact) mass is 585 g/mol. The number of hydrogen-bond acceptors (Lipinski definition) is 9. The molecule has 2 heterocycles. The maximum Gasteiger partial charge on any atom is 0.338 e. The number of Topliss-reactive ketones (excluding diaryl/α,β-unsaturated/α-hetero) is 1. The van der Waals surface area contributed by atoms with Crippen LogP contribution in [-0.4, -0.2) is 43.0 Å². The zero-order valence-corrected chi connectivity index (χ0v) is 24.1. The number of anilines is 1. The molecule has 0 amide bonds. The first-order valence-electron chi connectivity index (χ1n) is 14.0. The summed E-state index contributed by atoms with van der Waals surface area (Å²) in [7, 11) is 1.53. The van der Waals surface area contributed by atoms with E-state index in [4.69, 9.17) is 19.9 Å². The topological polar surface area (TPSA) is 121 Å². The number of ether oxygens (including phenoxy) is 3. The third-order valence-corrected chi connectivity index (χ3v) is 7.68. The minimum Gasteiger partial charge on any atom is -0.497 e. The van der Waals surface area contributed by atoms with Crippen molar-refractivity contribution in [2.24, 2.45) is 11.7 Å². The SMILES string of the molecule is CCOC(=O)C1=C(N)N(c2cccc(F)c2)C2=C(C(=O)[C@H](C(=O)OCC)[C@H](c3cccc(OC)c3)C2)[C@H]1c1cccnc1. The third-order valence-electron chi connectivity index (χ3n) is 7.68. The molecule has 222 valence electrons. The summed E-state index contributed by atoms with van der Waals surface area (Å²) >= 11 is 0. The summed E-state index contributed by atoms with van der Waals surface area (Å²) in [5, 5.41) is 0. The number of pyridine rings is 1. The molecule has 0 saturated carbocycles. The predicted octanol–water partition coefficient (Wildman–Crippen LogP) is 4.76. The number of nitrogens with zero attached hydrogens (tertiary/aromatic N) is 2. The second-order valence-corrected chi connectivity index (χ2v) is 10.1. The molecule has 0 unspecified atom stereocenters. The van der Waals surface area contributed by atoms with Crippen molar-refractivity contribution in [1.82, 2.24) is 4.98 Å². The molecule has 1 aliphatic carbocycles. The summed E-state index contributed by atoms with van der Waals surface area (Å²) in [6.45, 7) is 3.45. The Morgan fingerprint density at radius 2 is 1.77 bits per heavy atom. The van der Waals surface area contributed by atoms with Crippen LogP contribution < -0.4 is 15.4 Å². The van der Waals surface area contributed by atoms with Crippen LogP contribution in [0.4, 0.5) is 10.1 Å². The third kappa shape index (κ3) is 5.48. The Morgan fingerprint density at radius 3 is 2.44 bits per heavy atom. The van der Waals surface area contributed by atoms with Gasteiger partial charge in [0, 0.05) is 29.6 Å². The van der Waals surface area contributed by atoms with Gasteiger partial charge in [-0.25, -0.2) is 9.18 Å². The number of allylic oxidation sites excluding steroid dienone is 2. The number of aromatic nitrogens is 1. The number of hydrogen-bond donors (Lipinski definition) is 1. The first kappa shape index (κ1) is 29.5. The number of halogens is 1. The van der Waals surface area contributed by atoms with Crippen molar-refractivity contribution in [3.8, 4) is 5.75 Å². The lowest BCUT2D eigenvalue weighted by Crippen LogP contribution is -2.46. The fourth-order valence-electron chi connectivity index (χ4n) is 5.91. The summed E-state index contributed by atoms with van der Waals surface area (Å²) in [5.74, 6) is -4.86. The molecule has 3 aromatic rings. The summed E-state index contributed by atoms with van der Waals surface area (Å²) in [4.78, 5) is 47.6. The summed E-state index contributed by atoms with van der Waals surface area (Å²) < 4.78 is 30.9. The standard InChI is InChI=1S/C33H32FN3O6/c1-4-42-32(39)27-24(19-9-6-13-23(15-19)41-3)17-25-28(30(27)38)26(20-10-8-14-36-18-20)29(33(40)43-5-2)31(35)37(25)22-12-7-11-21(34)16-22/h6-16,18,24,26-27H,4-5,17,35H2,1-3H3/t24-,26+,27+/m0/s1. The van der Waals surface area contributed by atoms with Gasteiger partial charge in [0.2, 0.25) is 0 Å². The molecule has 0 radical (unpaired) electrons. The highest BCUT2D eigenvalue weighted by Gasteiger charge is 2.51. The van der Waals surface area contributed by atoms with E-state index in [1.165, 1.54) is 30.2 Å². The Morgan fingerprint density at radius 1 is 1.02 bits per heavy atom. The quantitative estimate of drug-likeness (QED) is 0.295. The predicted molar refractivity (Wildman–Crippen MR) is 156 cm³/mol. The van der Waals surface area contributed by atoms with Crippen LogP contribution in [0.3, 0.4) is 0 Å². The Labute approximate surface area is 248 Å². The van der Waals surface area contributed by atoms with E-state index in [1.807, 2.05) is 6.07 Å². The van der Waals surface area contributed by atoms with E-state index in [2.05, 4.69) is 4.98 Å². The summed E-state index contributed by atoms with van der Waals surface area (Å²) in [6.07, 6.45) is 3.25. The second-order valence-electron chi connectivity index (χ2n) is 10.1. The van der Waals surface area contributed by atoms with Crippen molar-refractivity contribution in [3.63, 3.8) is 0 Å². The van der Waals surface area contributed by atoms with E-state index in [0.29, 0.717) is 28.3 Å². The highest BCUT2D eigenvalue weighted by molar-refractivity contribution is 6.14. The zero-order valence-electron chi connectivity index (χ0n) is 24.1. The Hall–Kier alpha value is -4.99. The maximum absolute atomic E-state index is 14.7. The first-order valence-corrected chi connectivity index (χ1v) is 14.0. The van der Waals surface area contributed by atoms with Gasteiger partial charge in [0.15, 0.2) is 5.78 Å². The van der Waals surface area contributed by atoms with Crippen LogP contribution in [0.15, 0.2) is 95.7 Å². The zero-order chi connectivity index (χ0) is 30.7. The Kier molecular flexibility index (Phi) is 8.56. The smallest absolute Gasteiger partial charge is 0.338 e. The Bertz CT molecular complexity index is 1620. The van der Waals surface area contributed by atoms with Crippen molar-refractivity contribution in [3.05, 3.63) is 113 Å². The van der Waals surface area contributed by atoms with Gasteiger partial charge < -0.3 is 19.9 Å². The van der Waals surface area contributed by atoms with Gasteiger partial charge in [-0.1, -0.05) is 24.3 Å². The largest absolute Gasteiger partial charge is 0.497 e. The lowest BCUT2D eigenvalue weighted by Gasteiger charge is -2.44. The van der Waals surface area contributed by atoms with Gasteiger partial charge in [-0.05, 0) is 67.8 Å². The number of carbonyl (C=O) groups excluding carboxylic acids is 3. The van der Waals surface area contributed by atoms with E-state index in [1.54, 1.807) is 62.6 Å². The van der Waals surface area contributed by atoms with Gasteiger partial charge >= 0.3 is 11.9 Å². The highest BCUT2D eigenvalue weighted by atomic mass is 19.1. The van der Waals surface area contributed by atoms with Crippen LogP contribution in [0.1, 0.15) is 43.2 Å². The first-order chi connectivity index (χ1) is 20.8. The van der Waals surface area contributed by atoms with Gasteiger partial charge in [0.25, 0.3) is 0 Å². The van der Waals surface area contributed by atoms with E-state index in [9.17, 15) is 18.8 Å². The molecular weight excluding hydrogens is 553 g/mol. The fraction of sp³-hybridized carbons (Fsp3) is 0.273. The number of carbonyl (C=O) groups is 3. The van der Waals surface area contributed by atoms with E-state index in [0.717, 1.165) is 0 Å². The van der Waals surface area contributed by atoms with Gasteiger partial charge in [-0.2, -0.15) is 0 Å². The van der Waals surface area contributed by atoms with Crippen LogP contribution in [0.5, 0.6) is 5.75 Å². The minimum absolute atomic E-state index is 0.00588. The number of rotatable bonds is 8. The van der Waals surface area contributed by atoms with Crippen LogP contribution in [0, 0.1) is 11.7 Å². The minimum atomic E-state index is -1.23. The maximum atomic E-state index is 14.7. The average Bonchev–Trinajstić information content (AvgIpc) is 3.01. The van der Waals surface area contributed by atoms with Gasteiger partial charge in [-0.3, -0.25) is 19.5 Å². The molecule has 5 rings (SSSR count). The number of nitrogens with two attached hydrogens (primary N) is 1. The van der Waals surface area contributed by atoms with Crippen molar-refractivity contribution in [1.29, 1.82) is 0 Å². The molecule has 2 aromatic carbocycles. The van der Waals surface area contributed by atoms with E-state index < -0.39 is 41.3 Å². The van der Waals surface area contributed by atoms with Gasteiger partial charge in [-0.15, -0.1) is 0 Å². The number of methoxy groups -OCH3 is 1. The normalized spacial score (nSPS) is 20.0. The molecule has 3 atom stereocenters. The van der Waals surface area contributed by atoms with Crippen molar-refractivity contribution in [2.75, 3.05) is 25.2 Å². The molecule has 2 aliphatic rings. The van der Waals surface area contributed by atoms with Gasteiger partial charge in [0.05, 0.1) is 37.5 Å². The molecule has 10 heteroatoms. The summed E-state index contributed by atoms with van der Waals surface area (Å²) in [6, 6.07) is 16.3. The summed E-state index contributed by atoms with van der Waals surface area (Å²) in [5.41, 5.74) is 8.89. The molecule has 0 fully saturated rings. The Balaban J connectivity index is 1.82. The molecule has 1 aliphatic heterocycles. The van der Waals surface area contributed by atoms with Crippen LogP contribution in [-0.2, 0) is 23.9 Å². The van der Waals surface area contributed by atoms with E-state index in [-0.39, 0.29) is 36.6 Å². The molecule has 9 nitrogen and oxygen atoms in total. The lowest BCUT2D eigenvalue weighted by atomic mass is 9.67. The number of benzene rings is 2. The molecule has 0 bridgehead atoms. The molecule has 43 heavy (non-hydrogen) atoms. The molecule has 0 spiro atoms. The lowest BCUT2D eigenvalue weighted by molar-refractivity contribution is -0.152. The molecular formula is C33H32FN3O6. The van der Waals surface area contributed by atoms with Gasteiger partial charge in [0.1, 0.15) is 23.3 Å². The van der Waals surface area contributed by atoms with Crippen molar-refractivity contribution in [2.45, 2.75) is 32.1 Å². The highest BCUT2D eigenvalue weighted by Crippen LogP contribution is 2.51. The van der Waals surface area contributed by atoms with E-state index >= 15 is 0 Å². The molecule has 2 N–H and O–H groups in total. The fourth-order valence-corrected chi connectivity index (χ4v) is 5.91. The van der Waals surface area contributed by atoms with Crippen molar-refractivity contribution >= 4 is 23.4 Å². The average molecular weight is 586 g/mol. The van der Waals surface area contributed by atoms with Crippen molar-refractivity contribution < 1.29 is 33.0 Å². The van der Waals surface area contributed by atoms with Crippen LogP contribution in [0.25, 0.3) is 0 Å². The second kappa shape index (κ2) is 12.5. The molecule has 1 aromatic heterocycles. The van der Waals surface area contributed by atoms with Crippen LogP contribution in [0.2, 0.25) is 0 Å². The number of ketones is 1. The molecule has 0 saturated heterocycles.